The average molecular weight is 314 g/mol. The second-order valence-electron chi connectivity index (χ2n) is 5.60. The van der Waals surface area contributed by atoms with Gasteiger partial charge in [0.05, 0.1) is 11.5 Å². The topological polar surface area (TPSA) is 72.6 Å². The number of ether oxygens (including phenoxy) is 1. The zero-order chi connectivity index (χ0) is 16.1. The maximum atomic E-state index is 12.6. The Hall–Kier alpha value is -1.11. The standard InChI is InChI=1S/C15H26N2O3S/c1-5-15(2,3)17(4)21(18,19)14-9-7-13(8-10-14)20-12-6-11-16/h7-10H,5-6,11-12,16H2,1-4H3. The third kappa shape index (κ3) is 4.43. The summed E-state index contributed by atoms with van der Waals surface area (Å²) in [4.78, 5) is 0.276. The molecule has 1 aromatic rings. The van der Waals surface area contributed by atoms with Crippen molar-refractivity contribution < 1.29 is 13.2 Å². The van der Waals surface area contributed by atoms with Gasteiger partial charge in [0.1, 0.15) is 5.75 Å². The van der Waals surface area contributed by atoms with E-state index in [0.717, 1.165) is 12.8 Å². The monoisotopic (exact) mass is 314 g/mol. The van der Waals surface area contributed by atoms with E-state index in [1.807, 2.05) is 20.8 Å². The van der Waals surface area contributed by atoms with Gasteiger partial charge in [-0.15, -0.1) is 0 Å². The fraction of sp³-hybridized carbons (Fsp3) is 0.600. The molecule has 0 radical (unpaired) electrons. The average Bonchev–Trinajstić information content (AvgIpc) is 2.47. The molecule has 0 atom stereocenters. The summed E-state index contributed by atoms with van der Waals surface area (Å²) < 4.78 is 32.1. The Morgan fingerprint density at radius 3 is 2.29 bits per heavy atom. The van der Waals surface area contributed by atoms with Gasteiger partial charge in [0, 0.05) is 12.6 Å². The fourth-order valence-corrected chi connectivity index (χ4v) is 3.26. The van der Waals surface area contributed by atoms with Gasteiger partial charge in [-0.05, 0) is 57.5 Å². The highest BCUT2D eigenvalue weighted by atomic mass is 32.2. The van der Waals surface area contributed by atoms with Crippen molar-refractivity contribution in [3.05, 3.63) is 24.3 Å². The van der Waals surface area contributed by atoms with Crippen LogP contribution in [0.4, 0.5) is 0 Å². The van der Waals surface area contributed by atoms with Gasteiger partial charge in [-0.25, -0.2) is 8.42 Å². The van der Waals surface area contributed by atoms with Crippen LogP contribution in [0.5, 0.6) is 5.75 Å². The molecule has 6 heteroatoms. The van der Waals surface area contributed by atoms with E-state index in [0.29, 0.717) is 18.9 Å². The van der Waals surface area contributed by atoms with Gasteiger partial charge in [0.15, 0.2) is 0 Å². The minimum atomic E-state index is -3.49. The molecule has 0 spiro atoms. The van der Waals surface area contributed by atoms with Gasteiger partial charge >= 0.3 is 0 Å². The van der Waals surface area contributed by atoms with E-state index in [9.17, 15) is 8.42 Å². The van der Waals surface area contributed by atoms with Crippen molar-refractivity contribution in [1.82, 2.24) is 4.31 Å². The van der Waals surface area contributed by atoms with Crippen LogP contribution in [-0.2, 0) is 10.0 Å². The Morgan fingerprint density at radius 2 is 1.81 bits per heavy atom. The zero-order valence-corrected chi connectivity index (χ0v) is 14.1. The summed E-state index contributed by atoms with van der Waals surface area (Å²) in [5.41, 5.74) is 4.97. The van der Waals surface area contributed by atoms with E-state index >= 15 is 0 Å². The number of hydrogen-bond donors (Lipinski definition) is 1. The predicted molar refractivity (Wildman–Crippen MR) is 84.9 cm³/mol. The Labute approximate surface area is 128 Å². The summed E-state index contributed by atoms with van der Waals surface area (Å²) in [7, 11) is -1.88. The maximum absolute atomic E-state index is 12.6. The van der Waals surface area contributed by atoms with Crippen LogP contribution in [0.15, 0.2) is 29.2 Å². The molecule has 0 aliphatic carbocycles. The summed E-state index contributed by atoms with van der Waals surface area (Å²) in [5.74, 6) is 0.653. The lowest BCUT2D eigenvalue weighted by molar-refractivity contribution is 0.257. The molecular weight excluding hydrogens is 288 g/mol. The predicted octanol–water partition coefficient (Wildman–Crippen LogP) is 2.22. The van der Waals surface area contributed by atoms with Crippen molar-refractivity contribution in [2.24, 2.45) is 5.73 Å². The lowest BCUT2D eigenvalue weighted by Gasteiger charge is -2.33. The van der Waals surface area contributed by atoms with Crippen LogP contribution < -0.4 is 10.5 Å². The summed E-state index contributed by atoms with van der Waals surface area (Å²) in [6.45, 7) is 6.90. The first-order chi connectivity index (χ1) is 9.75. The molecule has 0 unspecified atom stereocenters. The zero-order valence-electron chi connectivity index (χ0n) is 13.3. The summed E-state index contributed by atoms with van der Waals surface area (Å²) in [6.07, 6.45) is 1.51. The molecule has 0 heterocycles. The van der Waals surface area contributed by atoms with E-state index in [1.165, 1.54) is 4.31 Å². The van der Waals surface area contributed by atoms with Gasteiger partial charge in [0.25, 0.3) is 0 Å². The number of rotatable bonds is 8. The first kappa shape index (κ1) is 17.9. The van der Waals surface area contributed by atoms with E-state index < -0.39 is 15.6 Å². The van der Waals surface area contributed by atoms with Crippen molar-refractivity contribution in [1.29, 1.82) is 0 Å². The molecule has 5 nitrogen and oxygen atoms in total. The molecule has 0 aliphatic rings. The first-order valence-corrected chi connectivity index (χ1v) is 8.61. The summed E-state index contributed by atoms with van der Waals surface area (Å²) in [5, 5.41) is 0. The van der Waals surface area contributed by atoms with Crippen LogP contribution in [0.3, 0.4) is 0 Å². The minimum Gasteiger partial charge on any atom is -0.494 e. The van der Waals surface area contributed by atoms with E-state index in [1.54, 1.807) is 31.3 Å². The highest BCUT2D eigenvalue weighted by molar-refractivity contribution is 7.89. The molecule has 0 amide bonds. The Balaban J connectivity index is 2.90. The Kier molecular flexibility index (Phi) is 6.19. The molecule has 1 aromatic carbocycles. The molecule has 120 valence electrons. The first-order valence-electron chi connectivity index (χ1n) is 7.17. The summed E-state index contributed by atoms with van der Waals surface area (Å²) in [6, 6.07) is 6.51. The third-order valence-corrected chi connectivity index (χ3v) is 5.90. The lowest BCUT2D eigenvalue weighted by atomic mass is 10.0. The van der Waals surface area contributed by atoms with E-state index in [-0.39, 0.29) is 4.90 Å². The molecule has 1 rings (SSSR count). The number of nitrogens with two attached hydrogens (primary N) is 1. The molecule has 0 fully saturated rings. The second-order valence-corrected chi connectivity index (χ2v) is 7.57. The number of sulfonamides is 1. The van der Waals surface area contributed by atoms with Crippen LogP contribution in [0.25, 0.3) is 0 Å². The highest BCUT2D eigenvalue weighted by Crippen LogP contribution is 2.26. The van der Waals surface area contributed by atoms with Gasteiger partial charge in [0.2, 0.25) is 10.0 Å². The van der Waals surface area contributed by atoms with E-state index in [4.69, 9.17) is 10.5 Å². The van der Waals surface area contributed by atoms with Gasteiger partial charge in [-0.2, -0.15) is 4.31 Å². The Morgan fingerprint density at radius 1 is 1.24 bits per heavy atom. The van der Waals surface area contributed by atoms with Crippen LogP contribution in [0.2, 0.25) is 0 Å². The largest absolute Gasteiger partial charge is 0.494 e. The molecule has 0 aromatic heterocycles. The maximum Gasteiger partial charge on any atom is 0.243 e. The fourth-order valence-electron chi connectivity index (χ4n) is 1.69. The number of nitrogens with zero attached hydrogens (tertiary/aromatic N) is 1. The minimum absolute atomic E-state index is 0.276. The molecule has 0 bridgehead atoms. The third-order valence-electron chi connectivity index (χ3n) is 3.82. The highest BCUT2D eigenvalue weighted by Gasteiger charge is 2.32. The van der Waals surface area contributed by atoms with Crippen molar-refractivity contribution in [3.8, 4) is 5.75 Å². The molecular formula is C15H26N2O3S. The van der Waals surface area contributed by atoms with Crippen LogP contribution >= 0.6 is 0 Å². The lowest BCUT2D eigenvalue weighted by Crippen LogP contribution is -2.44. The smallest absolute Gasteiger partial charge is 0.243 e. The molecule has 2 N–H and O–H groups in total. The van der Waals surface area contributed by atoms with Crippen molar-refractivity contribution in [2.45, 2.75) is 44.0 Å². The Bertz CT molecular complexity index is 539. The van der Waals surface area contributed by atoms with Crippen LogP contribution in [0.1, 0.15) is 33.6 Å². The van der Waals surface area contributed by atoms with Gasteiger partial charge in [-0.1, -0.05) is 6.92 Å². The van der Waals surface area contributed by atoms with Crippen LogP contribution in [0, 0.1) is 0 Å². The molecule has 21 heavy (non-hydrogen) atoms. The van der Waals surface area contributed by atoms with Crippen molar-refractivity contribution in [2.75, 3.05) is 20.2 Å². The SMILES string of the molecule is CCC(C)(C)N(C)S(=O)(=O)c1ccc(OCCCN)cc1. The normalized spacial score (nSPS) is 12.7. The second kappa shape index (κ2) is 7.24. The number of benzene rings is 1. The van der Waals surface area contributed by atoms with Gasteiger partial charge in [-0.3, -0.25) is 0 Å². The molecule has 0 aliphatic heterocycles. The van der Waals surface area contributed by atoms with Gasteiger partial charge < -0.3 is 10.5 Å². The summed E-state index contributed by atoms with van der Waals surface area (Å²) >= 11 is 0. The van der Waals surface area contributed by atoms with Crippen LogP contribution in [-0.4, -0.2) is 38.5 Å². The quantitative estimate of drug-likeness (QED) is 0.747. The van der Waals surface area contributed by atoms with E-state index in [2.05, 4.69) is 0 Å². The van der Waals surface area contributed by atoms with Crippen molar-refractivity contribution >= 4 is 10.0 Å². The van der Waals surface area contributed by atoms with Crippen molar-refractivity contribution in [3.63, 3.8) is 0 Å². The molecule has 0 saturated heterocycles. The molecule has 0 saturated carbocycles. The number of hydrogen-bond acceptors (Lipinski definition) is 4.